The largest absolute Gasteiger partial charge is 0.338 e. The summed E-state index contributed by atoms with van der Waals surface area (Å²) in [6.45, 7) is 3.45. The maximum Gasteiger partial charge on any atom is 0.325 e. The van der Waals surface area contributed by atoms with E-state index in [0.29, 0.717) is 44.3 Å². The number of amides is 4. The van der Waals surface area contributed by atoms with Gasteiger partial charge in [0.15, 0.2) is 0 Å². The molecule has 3 aliphatic rings. The van der Waals surface area contributed by atoms with E-state index in [2.05, 4.69) is 27.3 Å². The summed E-state index contributed by atoms with van der Waals surface area (Å²) in [5.41, 5.74) is 1.08. The SMILES string of the molecule is O=C(c1ccncc1)N1CCC(N2C(=O)NC3(CCN(Cc4ccccc4)CC3)C2=O)CC1. The van der Waals surface area contributed by atoms with Crippen molar-refractivity contribution < 1.29 is 14.4 Å². The number of hydrogen-bond acceptors (Lipinski definition) is 5. The summed E-state index contributed by atoms with van der Waals surface area (Å²) in [5.74, 6) is -0.124. The lowest BCUT2D eigenvalue weighted by Gasteiger charge is -2.38. The van der Waals surface area contributed by atoms with Gasteiger partial charge in [-0.2, -0.15) is 0 Å². The molecule has 0 saturated carbocycles. The molecule has 0 radical (unpaired) electrons. The summed E-state index contributed by atoms with van der Waals surface area (Å²) in [4.78, 5) is 48.5. The summed E-state index contributed by atoms with van der Waals surface area (Å²) in [5, 5.41) is 3.03. The predicted molar refractivity (Wildman–Crippen MR) is 122 cm³/mol. The Kier molecular flexibility index (Phi) is 5.85. The molecule has 4 heterocycles. The number of rotatable bonds is 4. The number of urea groups is 1. The van der Waals surface area contributed by atoms with Gasteiger partial charge in [0.2, 0.25) is 0 Å². The van der Waals surface area contributed by atoms with Gasteiger partial charge in [-0.15, -0.1) is 0 Å². The van der Waals surface area contributed by atoms with Crippen LogP contribution >= 0.6 is 0 Å². The predicted octanol–water partition coefficient (Wildman–Crippen LogP) is 2.27. The Bertz CT molecular complexity index is 1010. The van der Waals surface area contributed by atoms with Crippen LogP contribution in [-0.2, 0) is 11.3 Å². The molecule has 8 nitrogen and oxygen atoms in total. The van der Waals surface area contributed by atoms with Gasteiger partial charge in [-0.05, 0) is 43.4 Å². The third-order valence-electron chi connectivity index (χ3n) is 7.20. The van der Waals surface area contributed by atoms with Crippen LogP contribution in [0.1, 0.15) is 41.6 Å². The minimum Gasteiger partial charge on any atom is -0.338 e. The fourth-order valence-corrected chi connectivity index (χ4v) is 5.25. The van der Waals surface area contributed by atoms with E-state index < -0.39 is 5.54 Å². The molecular formula is C25H29N5O3. The second kappa shape index (κ2) is 8.94. The molecule has 0 unspecified atom stereocenters. The second-order valence-electron chi connectivity index (χ2n) is 9.21. The number of nitrogens with one attached hydrogen (secondary N) is 1. The molecule has 5 rings (SSSR count). The number of benzene rings is 1. The lowest BCUT2D eigenvalue weighted by molar-refractivity contribution is -0.135. The Morgan fingerprint density at radius 3 is 2.30 bits per heavy atom. The smallest absolute Gasteiger partial charge is 0.325 e. The number of hydrogen-bond donors (Lipinski definition) is 1. The molecule has 8 heteroatoms. The van der Waals surface area contributed by atoms with Crippen LogP contribution in [0.3, 0.4) is 0 Å². The highest BCUT2D eigenvalue weighted by molar-refractivity contribution is 6.07. The van der Waals surface area contributed by atoms with Crippen LogP contribution in [0.2, 0.25) is 0 Å². The van der Waals surface area contributed by atoms with Crippen molar-refractivity contribution in [3.63, 3.8) is 0 Å². The first-order valence-electron chi connectivity index (χ1n) is 11.7. The Labute approximate surface area is 193 Å². The zero-order valence-corrected chi connectivity index (χ0v) is 18.7. The number of nitrogens with zero attached hydrogens (tertiary/aromatic N) is 4. The highest BCUT2D eigenvalue weighted by Crippen LogP contribution is 2.33. The Morgan fingerprint density at radius 2 is 1.64 bits per heavy atom. The average Bonchev–Trinajstić information content (AvgIpc) is 3.10. The average molecular weight is 448 g/mol. The molecule has 0 aliphatic carbocycles. The lowest BCUT2D eigenvalue weighted by Crippen LogP contribution is -2.55. The topological polar surface area (TPSA) is 85.8 Å². The van der Waals surface area contributed by atoms with Crippen molar-refractivity contribution in [3.8, 4) is 0 Å². The molecular weight excluding hydrogens is 418 g/mol. The van der Waals surface area contributed by atoms with Crippen molar-refractivity contribution >= 4 is 17.8 Å². The third-order valence-corrected chi connectivity index (χ3v) is 7.20. The van der Waals surface area contributed by atoms with E-state index in [9.17, 15) is 14.4 Å². The van der Waals surface area contributed by atoms with Crippen molar-refractivity contribution in [3.05, 3.63) is 66.0 Å². The van der Waals surface area contributed by atoms with Gasteiger partial charge >= 0.3 is 6.03 Å². The Morgan fingerprint density at radius 1 is 0.970 bits per heavy atom. The van der Waals surface area contributed by atoms with E-state index in [1.807, 2.05) is 18.2 Å². The fraction of sp³-hybridized carbons (Fsp3) is 0.440. The molecule has 0 bridgehead atoms. The number of imide groups is 1. The van der Waals surface area contributed by atoms with Gasteiger partial charge in [-0.1, -0.05) is 30.3 Å². The highest BCUT2D eigenvalue weighted by Gasteiger charge is 2.54. The van der Waals surface area contributed by atoms with Gasteiger partial charge in [0.25, 0.3) is 11.8 Å². The van der Waals surface area contributed by atoms with E-state index in [1.165, 1.54) is 10.5 Å². The molecule has 1 spiro atoms. The summed E-state index contributed by atoms with van der Waals surface area (Å²) < 4.78 is 0. The minimum atomic E-state index is -0.783. The quantitative estimate of drug-likeness (QED) is 0.727. The number of carbonyl (C=O) groups is 3. The molecule has 1 aromatic heterocycles. The number of pyridine rings is 1. The number of likely N-dealkylation sites (tertiary alicyclic amines) is 2. The van der Waals surface area contributed by atoms with E-state index >= 15 is 0 Å². The Balaban J connectivity index is 1.18. The van der Waals surface area contributed by atoms with Crippen molar-refractivity contribution in [1.82, 2.24) is 25.0 Å². The van der Waals surface area contributed by atoms with Gasteiger partial charge < -0.3 is 10.2 Å². The molecule has 2 aromatic rings. The molecule has 1 N–H and O–H groups in total. The number of carbonyl (C=O) groups excluding carboxylic acids is 3. The van der Waals surface area contributed by atoms with Gasteiger partial charge in [-0.3, -0.25) is 24.4 Å². The van der Waals surface area contributed by atoms with Crippen LogP contribution in [-0.4, -0.2) is 75.3 Å². The van der Waals surface area contributed by atoms with Gasteiger partial charge in [0.05, 0.1) is 0 Å². The monoisotopic (exact) mass is 447 g/mol. The molecule has 172 valence electrons. The second-order valence-corrected chi connectivity index (χ2v) is 9.21. The van der Waals surface area contributed by atoms with Crippen molar-refractivity contribution in [2.75, 3.05) is 26.2 Å². The van der Waals surface area contributed by atoms with E-state index in [4.69, 9.17) is 0 Å². The van der Waals surface area contributed by atoms with Gasteiger partial charge in [-0.25, -0.2) is 4.79 Å². The summed E-state index contributed by atoms with van der Waals surface area (Å²) in [6.07, 6.45) is 5.68. The zero-order chi connectivity index (χ0) is 22.8. The maximum atomic E-state index is 13.4. The molecule has 3 aliphatic heterocycles. The molecule has 4 amide bonds. The van der Waals surface area contributed by atoms with Gasteiger partial charge in [0.1, 0.15) is 5.54 Å². The third kappa shape index (κ3) is 4.23. The molecule has 33 heavy (non-hydrogen) atoms. The fourth-order valence-electron chi connectivity index (χ4n) is 5.25. The van der Waals surface area contributed by atoms with Crippen molar-refractivity contribution in [2.24, 2.45) is 0 Å². The van der Waals surface area contributed by atoms with Crippen LogP contribution < -0.4 is 5.32 Å². The zero-order valence-electron chi connectivity index (χ0n) is 18.7. The lowest BCUT2D eigenvalue weighted by atomic mass is 9.86. The van der Waals surface area contributed by atoms with Crippen molar-refractivity contribution in [1.29, 1.82) is 0 Å². The van der Waals surface area contributed by atoms with E-state index in [-0.39, 0.29) is 23.9 Å². The van der Waals surface area contributed by atoms with E-state index in [1.54, 1.807) is 29.4 Å². The van der Waals surface area contributed by atoms with Crippen LogP contribution in [0.5, 0.6) is 0 Å². The molecule has 0 atom stereocenters. The van der Waals surface area contributed by atoms with Crippen LogP contribution in [0.25, 0.3) is 0 Å². The minimum absolute atomic E-state index is 0.0321. The maximum absolute atomic E-state index is 13.4. The van der Waals surface area contributed by atoms with Crippen LogP contribution in [0, 0.1) is 0 Å². The summed E-state index contributed by atoms with van der Waals surface area (Å²) in [7, 11) is 0. The first kappa shape index (κ1) is 21.6. The van der Waals surface area contributed by atoms with E-state index in [0.717, 1.165) is 19.6 Å². The summed E-state index contributed by atoms with van der Waals surface area (Å²) >= 11 is 0. The van der Waals surface area contributed by atoms with Gasteiger partial charge in [0, 0.05) is 56.7 Å². The molecule has 3 saturated heterocycles. The first-order chi connectivity index (χ1) is 16.1. The number of piperidine rings is 2. The molecule has 1 aromatic carbocycles. The Hall–Kier alpha value is -3.26. The standard InChI is InChI=1S/C25H29N5O3/c31-22(20-6-12-26-13-7-20)29-14-8-21(9-15-29)30-23(32)25(27-24(30)33)10-16-28(17-11-25)18-19-4-2-1-3-5-19/h1-7,12-13,21H,8-11,14-18H2,(H,27,33). The summed E-state index contributed by atoms with van der Waals surface area (Å²) in [6, 6.07) is 13.3. The van der Waals surface area contributed by atoms with Crippen LogP contribution in [0.15, 0.2) is 54.9 Å². The first-order valence-corrected chi connectivity index (χ1v) is 11.7. The molecule has 3 fully saturated rings. The normalized spacial score (nSPS) is 21.5. The van der Waals surface area contributed by atoms with Crippen molar-refractivity contribution in [2.45, 2.75) is 43.8 Å². The number of aromatic nitrogens is 1. The highest BCUT2D eigenvalue weighted by atomic mass is 16.2. The van der Waals surface area contributed by atoms with Crippen LogP contribution in [0.4, 0.5) is 4.79 Å².